The Kier molecular flexibility index (Phi) is 7.92. The Bertz CT molecular complexity index is 777. The van der Waals surface area contributed by atoms with Crippen LogP contribution in [0.4, 0.5) is 4.79 Å². The van der Waals surface area contributed by atoms with Gasteiger partial charge in [-0.25, -0.2) is 4.79 Å². The third kappa shape index (κ3) is 6.20. The largest absolute Gasteiger partial charge is 0.445 e. The summed E-state index contributed by atoms with van der Waals surface area (Å²) in [5.41, 5.74) is 8.40. The molecule has 5 nitrogen and oxygen atoms in total. The fourth-order valence-electron chi connectivity index (χ4n) is 4.02. The van der Waals surface area contributed by atoms with Crippen LogP contribution in [-0.2, 0) is 16.8 Å². The minimum atomic E-state index is -0.387. The molecule has 4 N–H and O–H groups in total. The van der Waals surface area contributed by atoms with Crippen molar-refractivity contribution in [3.05, 3.63) is 70.7 Å². The maximum atomic E-state index is 11.8. The molecular formula is C23H30ClN3O2. The Hall–Kier alpha value is -2.08. The predicted octanol–water partition coefficient (Wildman–Crippen LogP) is 4.00. The Morgan fingerprint density at radius 1 is 1.10 bits per heavy atom. The van der Waals surface area contributed by atoms with Crippen LogP contribution in [0.15, 0.2) is 54.6 Å². The molecular weight excluding hydrogens is 386 g/mol. The number of alkyl carbamates (subject to hydrolysis) is 1. The van der Waals surface area contributed by atoms with Crippen molar-refractivity contribution >= 4 is 17.7 Å². The molecule has 0 unspecified atom stereocenters. The second-order valence-corrected chi connectivity index (χ2v) is 8.15. The van der Waals surface area contributed by atoms with Crippen molar-refractivity contribution in [2.45, 2.75) is 43.7 Å². The van der Waals surface area contributed by atoms with E-state index in [1.807, 2.05) is 48.5 Å². The van der Waals surface area contributed by atoms with Crippen LogP contribution in [0.1, 0.15) is 36.8 Å². The summed E-state index contributed by atoms with van der Waals surface area (Å²) in [5.74, 6) is 0. The molecule has 6 heteroatoms. The van der Waals surface area contributed by atoms with Crippen molar-refractivity contribution in [3.8, 4) is 0 Å². The van der Waals surface area contributed by atoms with Gasteiger partial charge in [0.05, 0.1) is 0 Å². The number of benzene rings is 2. The van der Waals surface area contributed by atoms with E-state index in [9.17, 15) is 4.79 Å². The van der Waals surface area contributed by atoms with Crippen LogP contribution >= 0.6 is 11.6 Å². The molecule has 2 aromatic rings. The predicted molar refractivity (Wildman–Crippen MR) is 117 cm³/mol. The third-order valence-electron chi connectivity index (χ3n) is 5.81. The fraction of sp³-hybridized carbons (Fsp3) is 0.435. The van der Waals surface area contributed by atoms with Crippen LogP contribution < -0.4 is 16.4 Å². The lowest BCUT2D eigenvalue weighted by atomic mass is 9.68. The number of hydrogen-bond donors (Lipinski definition) is 3. The summed E-state index contributed by atoms with van der Waals surface area (Å²) in [6.07, 6.45) is 3.80. The minimum absolute atomic E-state index is 0.0164. The summed E-state index contributed by atoms with van der Waals surface area (Å²) < 4.78 is 5.22. The van der Waals surface area contributed by atoms with Crippen molar-refractivity contribution < 1.29 is 9.53 Å². The number of amides is 1. The molecule has 0 atom stereocenters. The van der Waals surface area contributed by atoms with E-state index < -0.39 is 0 Å². The van der Waals surface area contributed by atoms with E-state index in [2.05, 4.69) is 16.7 Å². The molecule has 0 aliphatic heterocycles. The highest BCUT2D eigenvalue weighted by atomic mass is 35.5. The van der Waals surface area contributed by atoms with Gasteiger partial charge in [-0.3, -0.25) is 0 Å². The smallest absolute Gasteiger partial charge is 0.407 e. The van der Waals surface area contributed by atoms with Gasteiger partial charge in [0.15, 0.2) is 0 Å². The van der Waals surface area contributed by atoms with E-state index in [1.54, 1.807) is 0 Å². The molecule has 0 radical (unpaired) electrons. The molecule has 0 aromatic heterocycles. The molecule has 156 valence electrons. The third-order valence-corrected chi connectivity index (χ3v) is 6.05. The average molecular weight is 416 g/mol. The van der Waals surface area contributed by atoms with E-state index in [4.69, 9.17) is 22.1 Å². The maximum Gasteiger partial charge on any atom is 0.407 e. The molecule has 0 saturated heterocycles. The van der Waals surface area contributed by atoms with Gasteiger partial charge in [0, 0.05) is 36.1 Å². The standard InChI is InChI=1S/C23H30ClN3O2/c24-20-8-4-7-19(15-20)23(17-25)11-9-21(10-12-23)26-13-14-27-22(28)29-16-18-5-2-1-3-6-18/h1-8,15,21,26H,9-14,16-17,25H2,(H,27,28)/t21-,23-. The van der Waals surface area contributed by atoms with Gasteiger partial charge in [-0.2, -0.15) is 0 Å². The average Bonchev–Trinajstić information content (AvgIpc) is 2.76. The second kappa shape index (κ2) is 10.6. The lowest BCUT2D eigenvalue weighted by Gasteiger charge is -2.40. The number of ether oxygens (including phenoxy) is 1. The normalized spacial score (nSPS) is 21.5. The minimum Gasteiger partial charge on any atom is -0.445 e. The van der Waals surface area contributed by atoms with Gasteiger partial charge in [-0.1, -0.05) is 54.1 Å². The summed E-state index contributed by atoms with van der Waals surface area (Å²) in [4.78, 5) is 11.8. The quantitative estimate of drug-likeness (QED) is 0.569. The van der Waals surface area contributed by atoms with E-state index in [1.165, 1.54) is 5.56 Å². The molecule has 0 heterocycles. The molecule has 1 aliphatic rings. The lowest BCUT2D eigenvalue weighted by Crippen LogP contribution is -2.45. The highest BCUT2D eigenvalue weighted by Crippen LogP contribution is 2.39. The second-order valence-electron chi connectivity index (χ2n) is 7.71. The topological polar surface area (TPSA) is 76.4 Å². The number of hydrogen-bond acceptors (Lipinski definition) is 4. The van der Waals surface area contributed by atoms with E-state index in [0.717, 1.165) is 42.8 Å². The number of rotatable bonds is 8. The number of carbonyl (C=O) groups is 1. The molecule has 1 saturated carbocycles. The van der Waals surface area contributed by atoms with Gasteiger partial charge < -0.3 is 21.1 Å². The number of nitrogens with two attached hydrogens (primary N) is 1. The summed E-state index contributed by atoms with van der Waals surface area (Å²) in [6, 6.07) is 18.2. The van der Waals surface area contributed by atoms with E-state index in [-0.39, 0.29) is 18.1 Å². The molecule has 1 fully saturated rings. The summed E-state index contributed by atoms with van der Waals surface area (Å²) in [7, 11) is 0. The van der Waals surface area contributed by atoms with Gasteiger partial charge in [-0.05, 0) is 48.9 Å². The van der Waals surface area contributed by atoms with Crippen molar-refractivity contribution in [2.24, 2.45) is 5.73 Å². The molecule has 2 aromatic carbocycles. The molecule has 1 aliphatic carbocycles. The highest BCUT2D eigenvalue weighted by molar-refractivity contribution is 6.30. The van der Waals surface area contributed by atoms with Crippen molar-refractivity contribution in [3.63, 3.8) is 0 Å². The van der Waals surface area contributed by atoms with Crippen LogP contribution in [0.25, 0.3) is 0 Å². The van der Waals surface area contributed by atoms with Crippen LogP contribution in [0.5, 0.6) is 0 Å². The van der Waals surface area contributed by atoms with Gasteiger partial charge in [-0.15, -0.1) is 0 Å². The van der Waals surface area contributed by atoms with Gasteiger partial charge in [0.2, 0.25) is 0 Å². The highest BCUT2D eigenvalue weighted by Gasteiger charge is 2.35. The zero-order chi connectivity index (χ0) is 20.5. The zero-order valence-corrected chi connectivity index (χ0v) is 17.5. The summed E-state index contributed by atoms with van der Waals surface area (Å²) in [6.45, 7) is 2.18. The summed E-state index contributed by atoms with van der Waals surface area (Å²) in [5, 5.41) is 7.10. The van der Waals surface area contributed by atoms with Gasteiger partial charge >= 0.3 is 6.09 Å². The van der Waals surface area contributed by atoms with Crippen LogP contribution in [-0.4, -0.2) is 31.8 Å². The Labute approximate surface area is 178 Å². The SMILES string of the molecule is NC[C@]1(c2cccc(Cl)c2)CC[C@H](NCCNC(=O)OCc2ccccc2)CC1. The first-order valence-electron chi connectivity index (χ1n) is 10.3. The Morgan fingerprint density at radius 2 is 1.86 bits per heavy atom. The lowest BCUT2D eigenvalue weighted by molar-refractivity contribution is 0.139. The van der Waals surface area contributed by atoms with Gasteiger partial charge in [0.25, 0.3) is 0 Å². The number of halogens is 1. The Balaban J connectivity index is 1.35. The summed E-state index contributed by atoms with van der Waals surface area (Å²) >= 11 is 6.18. The van der Waals surface area contributed by atoms with Crippen molar-refractivity contribution in [1.29, 1.82) is 0 Å². The monoisotopic (exact) mass is 415 g/mol. The van der Waals surface area contributed by atoms with Crippen LogP contribution in [0, 0.1) is 0 Å². The molecule has 29 heavy (non-hydrogen) atoms. The first-order chi connectivity index (χ1) is 14.1. The molecule has 1 amide bonds. The van der Waals surface area contributed by atoms with Gasteiger partial charge in [0.1, 0.15) is 6.61 Å². The van der Waals surface area contributed by atoms with Crippen molar-refractivity contribution in [2.75, 3.05) is 19.6 Å². The molecule has 3 rings (SSSR count). The Morgan fingerprint density at radius 3 is 2.55 bits per heavy atom. The van der Waals surface area contributed by atoms with Crippen LogP contribution in [0.3, 0.4) is 0 Å². The first kappa shape index (κ1) is 21.6. The first-order valence-corrected chi connectivity index (χ1v) is 10.6. The van der Waals surface area contributed by atoms with E-state index >= 15 is 0 Å². The van der Waals surface area contributed by atoms with Crippen molar-refractivity contribution in [1.82, 2.24) is 10.6 Å². The molecule has 0 bridgehead atoms. The van der Waals surface area contributed by atoms with Crippen LogP contribution in [0.2, 0.25) is 5.02 Å². The zero-order valence-electron chi connectivity index (χ0n) is 16.7. The van der Waals surface area contributed by atoms with E-state index in [0.29, 0.717) is 19.1 Å². The number of carbonyl (C=O) groups excluding carboxylic acids is 1. The maximum absolute atomic E-state index is 11.8. The molecule has 0 spiro atoms. The number of nitrogens with one attached hydrogen (secondary N) is 2. The fourth-order valence-corrected chi connectivity index (χ4v) is 4.21.